The smallest absolute Gasteiger partial charge is 0.255 e. The maximum Gasteiger partial charge on any atom is 0.255 e. The molecule has 6 heteroatoms. The molecule has 3 aromatic rings. The van der Waals surface area contributed by atoms with Gasteiger partial charge < -0.3 is 15.4 Å². The molecule has 3 rings (SSSR count). The summed E-state index contributed by atoms with van der Waals surface area (Å²) in [7, 11) is 1.58. The number of hydrogen-bond acceptors (Lipinski definition) is 4. The Kier molecular flexibility index (Phi) is 6.92. The van der Waals surface area contributed by atoms with Crippen molar-refractivity contribution < 1.29 is 14.3 Å². The van der Waals surface area contributed by atoms with Crippen LogP contribution in [0.3, 0.4) is 0 Å². The van der Waals surface area contributed by atoms with Crippen LogP contribution < -0.4 is 15.4 Å². The van der Waals surface area contributed by atoms with E-state index in [0.29, 0.717) is 17.0 Å². The molecule has 0 aliphatic carbocycles. The largest absolute Gasteiger partial charge is 0.497 e. The van der Waals surface area contributed by atoms with Crippen LogP contribution in [0.2, 0.25) is 0 Å². The average molecular weight is 407 g/mol. The Labute approximate surface area is 174 Å². The summed E-state index contributed by atoms with van der Waals surface area (Å²) < 4.78 is 5.11. The Balaban J connectivity index is 1.61. The number of methoxy groups -OCH3 is 1. The van der Waals surface area contributed by atoms with Crippen LogP contribution in [-0.2, 0) is 4.79 Å². The van der Waals surface area contributed by atoms with Crippen LogP contribution in [0.15, 0.2) is 83.8 Å². The van der Waals surface area contributed by atoms with Crippen LogP contribution >= 0.6 is 11.8 Å². The number of thioether (sulfide) groups is 1. The van der Waals surface area contributed by atoms with E-state index >= 15 is 0 Å². The lowest BCUT2D eigenvalue weighted by Crippen LogP contribution is -2.22. The van der Waals surface area contributed by atoms with E-state index < -0.39 is 0 Å². The maximum absolute atomic E-state index is 12.4. The lowest BCUT2D eigenvalue weighted by atomic mass is 10.2. The standard InChI is InChI=1S/C23H22N2O3S/c1-16(22(26)24-18-7-4-3-5-8-18)29-21-10-6-9-19(15-21)25-23(27)17-11-13-20(28-2)14-12-17/h3-16H,1-2H3,(H,24,26)(H,25,27). The molecule has 29 heavy (non-hydrogen) atoms. The fraction of sp³-hybridized carbons (Fsp3) is 0.130. The third-order valence-corrected chi connectivity index (χ3v) is 5.26. The Hall–Kier alpha value is -3.25. The number of carbonyl (C=O) groups excluding carboxylic acids is 2. The van der Waals surface area contributed by atoms with E-state index in [0.717, 1.165) is 10.6 Å². The highest BCUT2D eigenvalue weighted by atomic mass is 32.2. The number of ether oxygens (including phenoxy) is 1. The van der Waals surface area contributed by atoms with Crippen LogP contribution in [0, 0.1) is 0 Å². The molecule has 1 unspecified atom stereocenters. The van der Waals surface area contributed by atoms with Crippen molar-refractivity contribution >= 4 is 35.0 Å². The Morgan fingerprint density at radius 1 is 0.862 bits per heavy atom. The summed E-state index contributed by atoms with van der Waals surface area (Å²) in [4.78, 5) is 25.7. The molecule has 0 spiro atoms. The lowest BCUT2D eigenvalue weighted by molar-refractivity contribution is -0.115. The van der Waals surface area contributed by atoms with Gasteiger partial charge in [-0.2, -0.15) is 0 Å². The third-order valence-electron chi connectivity index (χ3n) is 4.17. The fourth-order valence-corrected chi connectivity index (χ4v) is 3.54. The van der Waals surface area contributed by atoms with Gasteiger partial charge in [0.1, 0.15) is 5.75 Å². The Morgan fingerprint density at radius 2 is 1.55 bits per heavy atom. The molecule has 5 nitrogen and oxygen atoms in total. The van der Waals surface area contributed by atoms with Crippen molar-refractivity contribution in [3.05, 3.63) is 84.4 Å². The highest BCUT2D eigenvalue weighted by Crippen LogP contribution is 2.27. The first-order valence-electron chi connectivity index (χ1n) is 9.13. The van der Waals surface area contributed by atoms with Gasteiger partial charge in [0.2, 0.25) is 5.91 Å². The quantitative estimate of drug-likeness (QED) is 0.538. The second-order valence-corrected chi connectivity index (χ2v) is 7.74. The van der Waals surface area contributed by atoms with Gasteiger partial charge >= 0.3 is 0 Å². The van der Waals surface area contributed by atoms with Gasteiger partial charge in [0.25, 0.3) is 5.91 Å². The predicted molar refractivity (Wildman–Crippen MR) is 118 cm³/mol. The number of hydrogen-bond donors (Lipinski definition) is 2. The van der Waals surface area contributed by atoms with Gasteiger partial charge in [-0.25, -0.2) is 0 Å². The molecule has 0 aromatic heterocycles. The number of para-hydroxylation sites is 1. The van der Waals surface area contributed by atoms with Crippen molar-refractivity contribution in [2.75, 3.05) is 17.7 Å². The van der Waals surface area contributed by atoms with Crippen LogP contribution in [-0.4, -0.2) is 24.2 Å². The summed E-state index contributed by atoms with van der Waals surface area (Å²) in [5.74, 6) is 0.418. The predicted octanol–water partition coefficient (Wildman–Crippen LogP) is 5.07. The number of rotatable bonds is 7. The molecule has 0 bridgehead atoms. The molecule has 0 saturated heterocycles. The first-order chi connectivity index (χ1) is 14.0. The van der Waals surface area contributed by atoms with Gasteiger partial charge in [-0.3, -0.25) is 9.59 Å². The van der Waals surface area contributed by atoms with Crippen molar-refractivity contribution in [3.63, 3.8) is 0 Å². The molecule has 148 valence electrons. The minimum Gasteiger partial charge on any atom is -0.497 e. The molecule has 0 aliphatic rings. The fourth-order valence-electron chi connectivity index (χ4n) is 2.62. The zero-order valence-electron chi connectivity index (χ0n) is 16.2. The van der Waals surface area contributed by atoms with Crippen LogP contribution in [0.1, 0.15) is 17.3 Å². The average Bonchev–Trinajstić information content (AvgIpc) is 2.74. The molecule has 0 fully saturated rings. The lowest BCUT2D eigenvalue weighted by Gasteiger charge is -2.13. The summed E-state index contributed by atoms with van der Waals surface area (Å²) in [6.45, 7) is 1.85. The molecule has 1 atom stereocenters. The van der Waals surface area contributed by atoms with Gasteiger partial charge in [0.05, 0.1) is 12.4 Å². The van der Waals surface area contributed by atoms with E-state index in [1.54, 1.807) is 31.4 Å². The zero-order chi connectivity index (χ0) is 20.6. The number of nitrogens with one attached hydrogen (secondary N) is 2. The molecule has 0 aliphatic heterocycles. The summed E-state index contributed by atoms with van der Waals surface area (Å²) in [6, 6.07) is 23.7. The second kappa shape index (κ2) is 9.80. The number of benzene rings is 3. The van der Waals surface area contributed by atoms with Crippen molar-refractivity contribution in [1.82, 2.24) is 0 Å². The molecule has 0 saturated carbocycles. The summed E-state index contributed by atoms with van der Waals surface area (Å²) in [5, 5.41) is 5.50. The van der Waals surface area contributed by atoms with Gasteiger partial charge in [0, 0.05) is 21.8 Å². The topological polar surface area (TPSA) is 67.4 Å². The highest BCUT2D eigenvalue weighted by molar-refractivity contribution is 8.00. The van der Waals surface area contributed by atoms with Gasteiger partial charge in [-0.1, -0.05) is 24.3 Å². The SMILES string of the molecule is COc1ccc(C(=O)Nc2cccc(SC(C)C(=O)Nc3ccccc3)c2)cc1. The van der Waals surface area contributed by atoms with E-state index in [9.17, 15) is 9.59 Å². The van der Waals surface area contributed by atoms with Gasteiger partial charge in [-0.05, 0) is 61.5 Å². The van der Waals surface area contributed by atoms with Gasteiger partial charge in [0.15, 0.2) is 0 Å². The molecule has 2 amide bonds. The van der Waals surface area contributed by atoms with E-state index in [4.69, 9.17) is 4.74 Å². The van der Waals surface area contributed by atoms with Crippen LogP contribution in [0.5, 0.6) is 5.75 Å². The first-order valence-corrected chi connectivity index (χ1v) is 10.0. The molecular formula is C23H22N2O3S. The van der Waals surface area contributed by atoms with E-state index in [-0.39, 0.29) is 17.1 Å². The summed E-state index contributed by atoms with van der Waals surface area (Å²) in [6.07, 6.45) is 0. The molecule has 3 aromatic carbocycles. The molecular weight excluding hydrogens is 384 g/mol. The van der Waals surface area contributed by atoms with Crippen molar-refractivity contribution in [3.8, 4) is 5.75 Å². The number of amides is 2. The van der Waals surface area contributed by atoms with Crippen molar-refractivity contribution in [2.45, 2.75) is 17.1 Å². The molecule has 0 heterocycles. The Bertz CT molecular complexity index is 975. The Morgan fingerprint density at radius 3 is 2.24 bits per heavy atom. The molecule has 0 radical (unpaired) electrons. The normalized spacial score (nSPS) is 11.4. The minimum absolute atomic E-state index is 0.0751. The van der Waals surface area contributed by atoms with Crippen LogP contribution in [0.25, 0.3) is 0 Å². The third kappa shape index (κ3) is 5.86. The number of anilines is 2. The van der Waals surface area contributed by atoms with Crippen LogP contribution in [0.4, 0.5) is 11.4 Å². The second-order valence-electron chi connectivity index (χ2n) is 6.33. The minimum atomic E-state index is -0.289. The maximum atomic E-state index is 12.4. The van der Waals surface area contributed by atoms with Gasteiger partial charge in [-0.15, -0.1) is 11.8 Å². The summed E-state index contributed by atoms with van der Waals surface area (Å²) >= 11 is 1.43. The number of carbonyl (C=O) groups is 2. The zero-order valence-corrected chi connectivity index (χ0v) is 17.0. The van der Waals surface area contributed by atoms with E-state index in [1.165, 1.54) is 11.8 Å². The summed E-state index contributed by atoms with van der Waals surface area (Å²) in [5.41, 5.74) is 1.98. The van der Waals surface area contributed by atoms with Crippen molar-refractivity contribution in [1.29, 1.82) is 0 Å². The van der Waals surface area contributed by atoms with E-state index in [2.05, 4.69) is 10.6 Å². The molecule has 2 N–H and O–H groups in total. The van der Waals surface area contributed by atoms with E-state index in [1.807, 2.05) is 61.5 Å². The van der Waals surface area contributed by atoms with Crippen molar-refractivity contribution in [2.24, 2.45) is 0 Å². The highest BCUT2D eigenvalue weighted by Gasteiger charge is 2.15. The first kappa shape index (κ1) is 20.5. The monoisotopic (exact) mass is 406 g/mol.